The van der Waals surface area contributed by atoms with Crippen LogP contribution in [0.4, 0.5) is 23.7 Å². The molecule has 0 aliphatic rings. The molecule has 0 aliphatic heterocycles. The monoisotopic (exact) mass is 318 g/mol. The van der Waals surface area contributed by atoms with Gasteiger partial charge in [0.15, 0.2) is 0 Å². The highest BCUT2D eigenvalue weighted by molar-refractivity contribution is 5.89. The number of carbonyl (C=O) groups excluding carboxylic acids is 1. The van der Waals surface area contributed by atoms with E-state index < -0.39 is 18.6 Å². The summed E-state index contributed by atoms with van der Waals surface area (Å²) >= 11 is 0. The quantitative estimate of drug-likeness (QED) is 0.753. The Balaban J connectivity index is 2.56. The summed E-state index contributed by atoms with van der Waals surface area (Å²) in [7, 11) is 0. The Morgan fingerprint density at radius 1 is 1.27 bits per heavy atom. The molecule has 0 atom stereocenters. The number of amides is 2. The first-order valence-electron chi connectivity index (χ1n) is 6.93. The maximum absolute atomic E-state index is 12.3. The Hall–Kier alpha value is -1.76. The van der Waals surface area contributed by atoms with E-state index in [-0.39, 0.29) is 17.6 Å². The van der Waals surface area contributed by atoms with Gasteiger partial charge in [0.1, 0.15) is 0 Å². The molecule has 0 saturated carbocycles. The lowest BCUT2D eigenvalue weighted by Gasteiger charge is -2.23. The zero-order valence-electron chi connectivity index (χ0n) is 12.6. The van der Waals surface area contributed by atoms with Crippen LogP contribution >= 0.6 is 0 Å². The highest BCUT2D eigenvalue weighted by Gasteiger charge is 2.27. The number of aliphatic hydroxyl groups is 1. The first kappa shape index (κ1) is 18.3. The zero-order valence-corrected chi connectivity index (χ0v) is 12.6. The number of urea groups is 1. The molecule has 124 valence electrons. The van der Waals surface area contributed by atoms with Crippen molar-refractivity contribution in [1.82, 2.24) is 5.32 Å². The molecular formula is C15H21F3N2O2. The van der Waals surface area contributed by atoms with E-state index in [1.165, 1.54) is 24.3 Å². The molecular weight excluding hydrogens is 297 g/mol. The predicted octanol–water partition coefficient (Wildman–Crippen LogP) is 3.32. The van der Waals surface area contributed by atoms with Gasteiger partial charge in [0.05, 0.1) is 6.42 Å². The van der Waals surface area contributed by atoms with Crippen LogP contribution in [0, 0.1) is 5.41 Å². The molecule has 0 heterocycles. The number of benzene rings is 1. The number of alkyl halides is 3. The number of hydrogen-bond donors (Lipinski definition) is 3. The number of hydrogen-bond acceptors (Lipinski definition) is 2. The third kappa shape index (κ3) is 7.31. The largest absolute Gasteiger partial charge is 0.396 e. The maximum atomic E-state index is 12.3. The molecule has 0 bridgehead atoms. The molecule has 1 aromatic rings. The van der Waals surface area contributed by atoms with Gasteiger partial charge in [0.25, 0.3) is 0 Å². The van der Waals surface area contributed by atoms with E-state index in [1.54, 1.807) is 0 Å². The van der Waals surface area contributed by atoms with Crippen LogP contribution in [0.1, 0.15) is 25.8 Å². The fourth-order valence-corrected chi connectivity index (χ4v) is 1.88. The summed E-state index contributed by atoms with van der Waals surface area (Å²) in [5.74, 6) is 0. The van der Waals surface area contributed by atoms with Crippen LogP contribution in [0.5, 0.6) is 0 Å². The molecule has 4 nitrogen and oxygen atoms in total. The molecule has 0 spiro atoms. The molecule has 0 radical (unpaired) electrons. The van der Waals surface area contributed by atoms with E-state index in [2.05, 4.69) is 10.6 Å². The average Bonchev–Trinajstić information content (AvgIpc) is 2.35. The number of halogens is 3. The van der Waals surface area contributed by atoms with Gasteiger partial charge in [0.2, 0.25) is 0 Å². The van der Waals surface area contributed by atoms with Gasteiger partial charge in [-0.15, -0.1) is 0 Å². The van der Waals surface area contributed by atoms with Crippen molar-refractivity contribution in [1.29, 1.82) is 0 Å². The number of aliphatic hydroxyl groups excluding tert-OH is 1. The highest BCUT2D eigenvalue weighted by Crippen LogP contribution is 2.23. The lowest BCUT2D eigenvalue weighted by atomic mass is 9.90. The molecule has 0 saturated heterocycles. The summed E-state index contributed by atoms with van der Waals surface area (Å²) in [4.78, 5) is 11.8. The Morgan fingerprint density at radius 2 is 1.95 bits per heavy atom. The van der Waals surface area contributed by atoms with Crippen LogP contribution < -0.4 is 10.6 Å². The summed E-state index contributed by atoms with van der Waals surface area (Å²) in [5, 5.41) is 14.0. The van der Waals surface area contributed by atoms with Crippen LogP contribution in [-0.2, 0) is 6.42 Å². The van der Waals surface area contributed by atoms with Crippen molar-refractivity contribution in [3.8, 4) is 0 Å². The van der Waals surface area contributed by atoms with Crippen LogP contribution in [0.2, 0.25) is 0 Å². The van der Waals surface area contributed by atoms with Gasteiger partial charge in [-0.2, -0.15) is 13.2 Å². The molecule has 0 aromatic heterocycles. The van der Waals surface area contributed by atoms with E-state index in [9.17, 15) is 18.0 Å². The van der Waals surface area contributed by atoms with E-state index in [1.807, 2.05) is 13.8 Å². The van der Waals surface area contributed by atoms with Crippen LogP contribution in [0.3, 0.4) is 0 Å². The Bertz CT molecular complexity index is 502. The Labute approximate surface area is 127 Å². The lowest BCUT2D eigenvalue weighted by Crippen LogP contribution is -2.37. The smallest absolute Gasteiger partial charge is 0.393 e. The summed E-state index contributed by atoms with van der Waals surface area (Å²) in [6, 6.07) is 5.16. The SMILES string of the molecule is CC(C)(CCO)CNC(=O)Nc1cccc(CC(F)(F)F)c1. The van der Waals surface area contributed by atoms with Gasteiger partial charge in [-0.25, -0.2) is 4.79 Å². The van der Waals surface area contributed by atoms with Gasteiger partial charge < -0.3 is 15.7 Å². The Kier molecular flexibility index (Phi) is 6.22. The fraction of sp³-hybridized carbons (Fsp3) is 0.533. The predicted molar refractivity (Wildman–Crippen MR) is 78.7 cm³/mol. The lowest BCUT2D eigenvalue weighted by molar-refractivity contribution is -0.127. The van der Waals surface area contributed by atoms with E-state index in [4.69, 9.17) is 5.11 Å². The van der Waals surface area contributed by atoms with Crippen molar-refractivity contribution in [3.05, 3.63) is 29.8 Å². The molecule has 2 amide bonds. The minimum atomic E-state index is -4.28. The molecule has 3 N–H and O–H groups in total. The van der Waals surface area contributed by atoms with Crippen LogP contribution in [-0.4, -0.2) is 30.5 Å². The maximum Gasteiger partial charge on any atom is 0.393 e. The number of anilines is 1. The molecule has 0 fully saturated rings. The summed E-state index contributed by atoms with van der Waals surface area (Å²) in [6.45, 7) is 4.17. The van der Waals surface area contributed by atoms with E-state index in [0.717, 1.165) is 0 Å². The summed E-state index contributed by atoms with van der Waals surface area (Å²) < 4.78 is 37.0. The van der Waals surface area contributed by atoms with Crippen molar-refractivity contribution >= 4 is 11.7 Å². The third-order valence-corrected chi connectivity index (χ3v) is 3.11. The first-order chi connectivity index (χ1) is 10.1. The molecule has 1 aromatic carbocycles. The second-order valence-corrected chi connectivity index (χ2v) is 5.94. The molecule has 22 heavy (non-hydrogen) atoms. The van der Waals surface area contributed by atoms with Crippen molar-refractivity contribution in [2.24, 2.45) is 5.41 Å². The van der Waals surface area contributed by atoms with Crippen molar-refractivity contribution < 1.29 is 23.1 Å². The zero-order chi connectivity index (χ0) is 16.8. The number of carbonyl (C=O) groups is 1. The summed E-state index contributed by atoms with van der Waals surface area (Å²) in [5.41, 5.74) is 0.134. The van der Waals surface area contributed by atoms with Crippen molar-refractivity contribution in [2.45, 2.75) is 32.9 Å². The average molecular weight is 318 g/mol. The van der Waals surface area contributed by atoms with Gasteiger partial charge in [0, 0.05) is 18.8 Å². The van der Waals surface area contributed by atoms with Crippen LogP contribution in [0.25, 0.3) is 0 Å². The van der Waals surface area contributed by atoms with Gasteiger partial charge in [-0.3, -0.25) is 0 Å². The number of nitrogens with one attached hydrogen (secondary N) is 2. The van der Waals surface area contributed by atoms with Gasteiger partial charge in [-0.05, 0) is 29.5 Å². The van der Waals surface area contributed by atoms with Crippen molar-refractivity contribution in [2.75, 3.05) is 18.5 Å². The normalized spacial score (nSPS) is 12.1. The van der Waals surface area contributed by atoms with Crippen molar-refractivity contribution in [3.63, 3.8) is 0 Å². The molecule has 0 aliphatic carbocycles. The van der Waals surface area contributed by atoms with E-state index >= 15 is 0 Å². The van der Waals surface area contributed by atoms with E-state index in [0.29, 0.717) is 18.7 Å². The van der Waals surface area contributed by atoms with Gasteiger partial charge >= 0.3 is 12.2 Å². The second-order valence-electron chi connectivity index (χ2n) is 5.94. The molecule has 7 heteroatoms. The minimum absolute atomic E-state index is 0.0236. The highest BCUT2D eigenvalue weighted by atomic mass is 19.4. The molecule has 1 rings (SSSR count). The molecule has 0 unspecified atom stereocenters. The summed E-state index contributed by atoms with van der Waals surface area (Å²) in [6.07, 6.45) is -4.78. The number of rotatable bonds is 6. The van der Waals surface area contributed by atoms with Gasteiger partial charge in [-0.1, -0.05) is 26.0 Å². The third-order valence-electron chi connectivity index (χ3n) is 3.11. The topological polar surface area (TPSA) is 61.4 Å². The standard InChI is InChI=1S/C15H21F3N2O2/c1-14(2,6-7-21)10-19-13(22)20-12-5-3-4-11(8-12)9-15(16,17)18/h3-5,8,21H,6-7,9-10H2,1-2H3,(H2,19,20,22). The van der Waals surface area contributed by atoms with Crippen LogP contribution in [0.15, 0.2) is 24.3 Å². The fourth-order valence-electron chi connectivity index (χ4n) is 1.88. The first-order valence-corrected chi connectivity index (χ1v) is 6.93. The minimum Gasteiger partial charge on any atom is -0.396 e. The second kappa shape index (κ2) is 7.49. The Morgan fingerprint density at radius 3 is 2.55 bits per heavy atom.